The predicted molar refractivity (Wildman–Crippen MR) is 202 cm³/mol. The van der Waals surface area contributed by atoms with Gasteiger partial charge < -0.3 is 35.6 Å². The summed E-state index contributed by atoms with van der Waals surface area (Å²) in [6.45, 7) is 13.7. The molecule has 0 radical (unpaired) electrons. The third-order valence-corrected chi connectivity index (χ3v) is 10.8. The van der Waals surface area contributed by atoms with Gasteiger partial charge >= 0.3 is 0 Å². The smallest absolute Gasteiger partial charge is 0.245 e. The first kappa shape index (κ1) is 46.0. The number of amides is 4. The number of nitrogens with two attached hydrogens (primary N) is 1. The standard InChI is InChI=1S/C39H66F2N6O6/c1-13-24(6)35(46(10)39(51)33(22(2)3)44-38(50)34(23(4)5)45(8)9)31(52-11)20-32(48)47-21-26(42)19-30(47)36(53-12)25(7)37(49)43-18-17-27-28(40)15-14-16-29(27)41/h14-16,22-26,30-31,33-36H,13,17-21,42H2,1-12H3,(H,43,49)(H,44,50)/t24-,25+,26-,30-,31+,33-,34-,35-,36+/m0/s1. The molecule has 0 bridgehead atoms. The molecule has 9 atom stereocenters. The lowest BCUT2D eigenvalue weighted by Crippen LogP contribution is -2.59. The number of ether oxygens (including phenoxy) is 2. The SMILES string of the molecule is CC[C@H](C)[C@@H]([C@@H](CC(=O)N1C[C@@H](N)C[C@H]1[C@H](OC)[C@@H](C)C(=O)NCCc1c(F)cccc1F)OC)N(C)C(=O)[C@@H](NC(=O)[C@H](C(C)C)N(C)C)C(C)C. The maximum atomic E-state index is 14.2. The Labute approximate surface area is 315 Å². The lowest BCUT2D eigenvalue weighted by atomic mass is 9.89. The van der Waals surface area contributed by atoms with E-state index in [2.05, 4.69) is 10.6 Å². The number of carbonyl (C=O) groups is 4. The van der Waals surface area contributed by atoms with Crippen LogP contribution in [0.3, 0.4) is 0 Å². The predicted octanol–water partition coefficient (Wildman–Crippen LogP) is 3.21. The van der Waals surface area contributed by atoms with Crippen molar-refractivity contribution >= 4 is 23.6 Å². The quantitative estimate of drug-likeness (QED) is 0.184. The molecule has 1 aromatic rings. The molecule has 0 aliphatic carbocycles. The van der Waals surface area contributed by atoms with Gasteiger partial charge in [-0.1, -0.05) is 61.0 Å². The third kappa shape index (κ3) is 11.9. The summed E-state index contributed by atoms with van der Waals surface area (Å²) in [5.74, 6) is -3.47. The molecule has 1 heterocycles. The zero-order valence-electron chi connectivity index (χ0n) is 33.9. The first-order valence-corrected chi connectivity index (χ1v) is 18.9. The van der Waals surface area contributed by atoms with E-state index in [-0.39, 0.29) is 78.9 Å². The van der Waals surface area contributed by atoms with Crippen LogP contribution in [0.1, 0.15) is 73.3 Å². The van der Waals surface area contributed by atoms with Crippen molar-refractivity contribution in [2.75, 3.05) is 48.5 Å². The first-order chi connectivity index (χ1) is 24.8. The maximum absolute atomic E-state index is 14.2. The number of nitrogens with one attached hydrogen (secondary N) is 2. The minimum atomic E-state index is -0.796. The van der Waals surface area contributed by atoms with Crippen molar-refractivity contribution in [3.63, 3.8) is 0 Å². The normalized spacial score (nSPS) is 20.2. The summed E-state index contributed by atoms with van der Waals surface area (Å²) in [5.41, 5.74) is 6.29. The van der Waals surface area contributed by atoms with Crippen LogP contribution in [-0.4, -0.2) is 129 Å². The van der Waals surface area contributed by atoms with Crippen LogP contribution in [0.5, 0.6) is 0 Å². The van der Waals surface area contributed by atoms with Crippen molar-refractivity contribution in [3.05, 3.63) is 35.4 Å². The van der Waals surface area contributed by atoms with Crippen molar-refractivity contribution in [1.82, 2.24) is 25.3 Å². The molecule has 12 nitrogen and oxygen atoms in total. The molecule has 53 heavy (non-hydrogen) atoms. The molecule has 4 amide bonds. The fraction of sp³-hybridized carbons (Fsp3) is 0.744. The van der Waals surface area contributed by atoms with Gasteiger partial charge in [0.05, 0.1) is 42.7 Å². The zero-order valence-corrected chi connectivity index (χ0v) is 33.9. The summed E-state index contributed by atoms with van der Waals surface area (Å²) >= 11 is 0. The van der Waals surface area contributed by atoms with Crippen LogP contribution in [0.15, 0.2) is 18.2 Å². The summed E-state index contributed by atoms with van der Waals surface area (Å²) in [4.78, 5) is 60.1. The van der Waals surface area contributed by atoms with Gasteiger partial charge in [-0.15, -0.1) is 0 Å². The minimum absolute atomic E-state index is 0.0123. The molecular weight excluding hydrogens is 686 g/mol. The number of hydrogen-bond acceptors (Lipinski definition) is 8. The second-order valence-corrected chi connectivity index (χ2v) is 15.5. The summed E-state index contributed by atoms with van der Waals surface area (Å²) < 4.78 is 40.0. The molecule has 0 spiro atoms. The van der Waals surface area contributed by atoms with Gasteiger partial charge in [-0.3, -0.25) is 24.1 Å². The highest BCUT2D eigenvalue weighted by Gasteiger charge is 2.45. The number of rotatable bonds is 20. The number of carbonyl (C=O) groups excluding carboxylic acids is 4. The lowest BCUT2D eigenvalue weighted by molar-refractivity contribution is -0.148. The van der Waals surface area contributed by atoms with Crippen LogP contribution in [0.25, 0.3) is 0 Å². The summed E-state index contributed by atoms with van der Waals surface area (Å²) in [5, 5.41) is 5.76. The van der Waals surface area contributed by atoms with Gasteiger partial charge in [0.1, 0.15) is 17.7 Å². The fourth-order valence-corrected chi connectivity index (χ4v) is 7.71. The van der Waals surface area contributed by atoms with Crippen LogP contribution in [0.4, 0.5) is 8.78 Å². The number of nitrogens with zero attached hydrogens (tertiary/aromatic N) is 3. The van der Waals surface area contributed by atoms with Gasteiger partial charge in [-0.2, -0.15) is 0 Å². The Kier molecular flexibility index (Phi) is 18.2. The second kappa shape index (κ2) is 21.0. The Hall–Kier alpha value is -3.20. The fourth-order valence-electron chi connectivity index (χ4n) is 7.71. The molecule has 1 fully saturated rings. The first-order valence-electron chi connectivity index (χ1n) is 18.9. The van der Waals surface area contributed by atoms with Gasteiger partial charge in [0.2, 0.25) is 23.6 Å². The van der Waals surface area contributed by atoms with Gasteiger partial charge in [-0.25, -0.2) is 8.78 Å². The van der Waals surface area contributed by atoms with E-state index in [1.165, 1.54) is 32.4 Å². The number of likely N-dealkylation sites (N-methyl/N-ethyl adjacent to an activating group) is 2. The van der Waals surface area contributed by atoms with E-state index in [9.17, 15) is 28.0 Å². The maximum Gasteiger partial charge on any atom is 0.245 e. The average molecular weight is 753 g/mol. The molecule has 1 saturated heterocycles. The number of halogens is 2. The molecule has 1 aliphatic heterocycles. The van der Waals surface area contributed by atoms with E-state index < -0.39 is 53.9 Å². The molecular formula is C39H66F2N6O6. The molecule has 0 aromatic heterocycles. The summed E-state index contributed by atoms with van der Waals surface area (Å²) in [7, 11) is 8.36. The van der Waals surface area contributed by atoms with Crippen LogP contribution in [0, 0.1) is 35.3 Å². The zero-order chi connectivity index (χ0) is 40.3. The average Bonchev–Trinajstić information content (AvgIpc) is 3.48. The Morgan fingerprint density at radius 3 is 2.06 bits per heavy atom. The highest BCUT2D eigenvalue weighted by atomic mass is 19.1. The van der Waals surface area contributed by atoms with E-state index in [1.54, 1.807) is 23.8 Å². The van der Waals surface area contributed by atoms with Crippen molar-refractivity contribution < 1.29 is 37.4 Å². The van der Waals surface area contributed by atoms with E-state index in [0.717, 1.165) is 0 Å². The molecule has 14 heteroatoms. The molecule has 1 aromatic carbocycles. The molecule has 0 unspecified atom stereocenters. The Balaban J connectivity index is 2.26. The molecule has 0 saturated carbocycles. The van der Waals surface area contributed by atoms with Crippen LogP contribution in [-0.2, 0) is 35.1 Å². The summed E-state index contributed by atoms with van der Waals surface area (Å²) in [6, 6.07) is 1.02. The van der Waals surface area contributed by atoms with E-state index in [4.69, 9.17) is 15.2 Å². The van der Waals surface area contributed by atoms with Crippen molar-refractivity contribution in [2.24, 2.45) is 29.4 Å². The van der Waals surface area contributed by atoms with E-state index in [1.807, 2.05) is 60.5 Å². The van der Waals surface area contributed by atoms with Crippen LogP contribution >= 0.6 is 0 Å². The Morgan fingerprint density at radius 2 is 1.57 bits per heavy atom. The Morgan fingerprint density at radius 1 is 0.962 bits per heavy atom. The Bertz CT molecular complexity index is 1340. The topological polar surface area (TPSA) is 147 Å². The van der Waals surface area contributed by atoms with E-state index >= 15 is 0 Å². The number of methoxy groups -OCH3 is 2. The number of hydrogen-bond donors (Lipinski definition) is 3. The molecule has 1 aliphatic rings. The van der Waals surface area contributed by atoms with Crippen LogP contribution in [0.2, 0.25) is 0 Å². The minimum Gasteiger partial charge on any atom is -0.379 e. The van der Waals surface area contributed by atoms with Crippen molar-refractivity contribution in [3.8, 4) is 0 Å². The highest BCUT2D eigenvalue weighted by molar-refractivity contribution is 5.90. The number of benzene rings is 1. The van der Waals surface area contributed by atoms with Gasteiger partial charge in [0.25, 0.3) is 0 Å². The monoisotopic (exact) mass is 753 g/mol. The van der Waals surface area contributed by atoms with Crippen LogP contribution < -0.4 is 16.4 Å². The summed E-state index contributed by atoms with van der Waals surface area (Å²) in [6.07, 6.45) is -0.415. The number of likely N-dealkylation sites (tertiary alicyclic amines) is 1. The molecule has 2 rings (SSSR count). The second-order valence-electron chi connectivity index (χ2n) is 15.5. The lowest BCUT2D eigenvalue weighted by Gasteiger charge is -2.41. The molecule has 4 N–H and O–H groups in total. The van der Waals surface area contributed by atoms with Gasteiger partial charge in [0, 0.05) is 46.0 Å². The third-order valence-electron chi connectivity index (χ3n) is 10.8. The molecule has 302 valence electrons. The largest absolute Gasteiger partial charge is 0.379 e. The highest BCUT2D eigenvalue weighted by Crippen LogP contribution is 2.29. The van der Waals surface area contributed by atoms with E-state index in [0.29, 0.717) is 12.8 Å². The van der Waals surface area contributed by atoms with Crippen molar-refractivity contribution in [2.45, 2.75) is 117 Å². The van der Waals surface area contributed by atoms with Gasteiger partial charge in [-0.05, 0) is 56.8 Å². The van der Waals surface area contributed by atoms with Crippen molar-refractivity contribution in [1.29, 1.82) is 0 Å². The van der Waals surface area contributed by atoms with Gasteiger partial charge in [0.15, 0.2) is 0 Å².